The molecule has 1 aliphatic heterocycles. The van der Waals surface area contributed by atoms with E-state index in [4.69, 9.17) is 4.74 Å². The van der Waals surface area contributed by atoms with Gasteiger partial charge in [-0.3, -0.25) is 9.78 Å². The highest BCUT2D eigenvalue weighted by Gasteiger charge is 2.18. The van der Waals surface area contributed by atoms with Crippen LogP contribution >= 0.6 is 11.3 Å². The molecule has 0 fully saturated rings. The Hall–Kier alpha value is -4.44. The Bertz CT molecular complexity index is 1440. The van der Waals surface area contributed by atoms with E-state index in [1.165, 1.54) is 23.5 Å². The standard InChI is InChI=1S/C23H17N5O4S/c29-19-5-3-14(8-20(19)30)10-25-28-18(13-33-23(28)26-16-2-1-7-24-11-16)15-4-6-21-17(9-15)27-22(31)12-32-21/h1-11,13,29-30H,12H2,(H,27,31). The van der Waals surface area contributed by atoms with Crippen molar-refractivity contribution in [1.82, 2.24) is 9.66 Å². The molecule has 0 atom stereocenters. The number of phenols is 2. The number of hydrogen-bond acceptors (Lipinski definition) is 8. The van der Waals surface area contributed by atoms with Crippen LogP contribution in [0.2, 0.25) is 0 Å². The van der Waals surface area contributed by atoms with Crippen LogP contribution in [0.4, 0.5) is 11.4 Å². The Kier molecular flexibility index (Phi) is 5.33. The number of rotatable bonds is 4. The lowest BCUT2D eigenvalue weighted by Gasteiger charge is -2.18. The van der Waals surface area contributed by atoms with Crippen LogP contribution in [0.15, 0.2) is 76.4 Å². The summed E-state index contributed by atoms with van der Waals surface area (Å²) in [5.74, 6) is -0.0550. The molecule has 5 rings (SSSR count). The summed E-state index contributed by atoms with van der Waals surface area (Å²) in [4.78, 5) is 21.1. The van der Waals surface area contributed by atoms with Crippen LogP contribution in [-0.2, 0) is 4.79 Å². The van der Waals surface area contributed by atoms with Crippen molar-refractivity contribution in [1.29, 1.82) is 0 Å². The van der Waals surface area contributed by atoms with Gasteiger partial charge in [0.2, 0.25) is 4.80 Å². The molecule has 10 heteroatoms. The summed E-state index contributed by atoms with van der Waals surface area (Å²) in [5, 5.41) is 28.6. The smallest absolute Gasteiger partial charge is 0.262 e. The number of nitrogens with zero attached hydrogens (tertiary/aromatic N) is 4. The lowest BCUT2D eigenvalue weighted by Crippen LogP contribution is -2.25. The van der Waals surface area contributed by atoms with Crippen molar-refractivity contribution >= 4 is 34.8 Å². The van der Waals surface area contributed by atoms with Crippen molar-refractivity contribution < 1.29 is 19.7 Å². The lowest BCUT2D eigenvalue weighted by molar-refractivity contribution is -0.118. The average molecular weight is 459 g/mol. The van der Waals surface area contributed by atoms with E-state index in [0.29, 0.717) is 27.5 Å². The predicted molar refractivity (Wildman–Crippen MR) is 124 cm³/mol. The predicted octanol–water partition coefficient (Wildman–Crippen LogP) is 3.47. The molecule has 0 aliphatic carbocycles. The summed E-state index contributed by atoms with van der Waals surface area (Å²) in [6, 6.07) is 13.6. The lowest BCUT2D eigenvalue weighted by atomic mass is 10.1. The van der Waals surface area contributed by atoms with Gasteiger partial charge in [-0.15, -0.1) is 11.3 Å². The summed E-state index contributed by atoms with van der Waals surface area (Å²) in [6.07, 6.45) is 4.88. The molecule has 3 N–H and O–H groups in total. The maximum atomic E-state index is 11.7. The van der Waals surface area contributed by atoms with E-state index >= 15 is 0 Å². The van der Waals surface area contributed by atoms with Crippen LogP contribution in [0.3, 0.4) is 0 Å². The van der Waals surface area contributed by atoms with Gasteiger partial charge in [0.05, 0.1) is 29.5 Å². The monoisotopic (exact) mass is 459 g/mol. The van der Waals surface area contributed by atoms with Gasteiger partial charge < -0.3 is 20.3 Å². The van der Waals surface area contributed by atoms with Crippen LogP contribution < -0.4 is 14.9 Å². The number of fused-ring (bicyclic) bond motifs is 1. The number of nitrogens with one attached hydrogen (secondary N) is 1. The molecule has 9 nitrogen and oxygen atoms in total. The molecule has 2 aromatic heterocycles. The summed E-state index contributed by atoms with van der Waals surface area (Å²) in [7, 11) is 0. The normalized spacial score (nSPS) is 13.6. The van der Waals surface area contributed by atoms with Crippen LogP contribution in [0.5, 0.6) is 17.2 Å². The zero-order valence-electron chi connectivity index (χ0n) is 17.0. The number of aromatic hydroxyl groups is 2. The number of aromatic nitrogens is 2. The topological polar surface area (TPSA) is 121 Å². The van der Waals surface area contributed by atoms with Gasteiger partial charge in [-0.1, -0.05) is 0 Å². The summed E-state index contributed by atoms with van der Waals surface area (Å²) in [6.45, 7) is -0.0112. The Balaban J connectivity index is 1.62. The quantitative estimate of drug-likeness (QED) is 0.319. The van der Waals surface area contributed by atoms with Crippen molar-refractivity contribution in [2.75, 3.05) is 11.9 Å². The van der Waals surface area contributed by atoms with Crippen LogP contribution in [-0.4, -0.2) is 38.6 Å². The third kappa shape index (κ3) is 4.32. The van der Waals surface area contributed by atoms with Gasteiger partial charge in [-0.25, -0.2) is 9.67 Å². The number of thiazole rings is 1. The van der Waals surface area contributed by atoms with Gasteiger partial charge in [0.15, 0.2) is 18.1 Å². The molecule has 0 saturated carbocycles. The molecule has 0 saturated heterocycles. The molecule has 0 unspecified atom stereocenters. The van der Waals surface area contributed by atoms with Crippen LogP contribution in [0.1, 0.15) is 5.56 Å². The highest BCUT2D eigenvalue weighted by atomic mass is 32.1. The maximum Gasteiger partial charge on any atom is 0.262 e. The molecule has 3 heterocycles. The molecule has 33 heavy (non-hydrogen) atoms. The first-order valence-electron chi connectivity index (χ1n) is 9.85. The molecule has 0 spiro atoms. The molecule has 164 valence electrons. The third-order valence-electron chi connectivity index (χ3n) is 4.79. The fourth-order valence-corrected chi connectivity index (χ4v) is 4.06. The number of anilines is 1. The number of benzene rings is 2. The molecule has 2 aromatic carbocycles. The fourth-order valence-electron chi connectivity index (χ4n) is 3.20. The second kappa shape index (κ2) is 8.60. The van der Waals surface area contributed by atoms with Crippen LogP contribution in [0.25, 0.3) is 11.3 Å². The SMILES string of the molecule is O=C1COc2ccc(-c3csc(=Nc4cccnc4)n3N=Cc3ccc(O)c(O)c3)cc2N1. The van der Waals surface area contributed by atoms with Gasteiger partial charge >= 0.3 is 0 Å². The number of hydrogen-bond donors (Lipinski definition) is 3. The Labute approximate surface area is 191 Å². The minimum absolute atomic E-state index is 0.0112. The number of amides is 1. The van der Waals surface area contributed by atoms with E-state index in [-0.39, 0.29) is 24.0 Å². The van der Waals surface area contributed by atoms with Gasteiger partial charge in [0.25, 0.3) is 5.91 Å². The molecular formula is C23H17N5O4S. The second-order valence-electron chi connectivity index (χ2n) is 7.08. The number of carbonyl (C=O) groups excluding carboxylic acids is 1. The summed E-state index contributed by atoms with van der Waals surface area (Å²) >= 11 is 1.39. The van der Waals surface area contributed by atoms with Crippen molar-refractivity contribution in [2.24, 2.45) is 10.1 Å². The summed E-state index contributed by atoms with van der Waals surface area (Å²) in [5.41, 5.74) is 3.38. The molecule has 0 radical (unpaired) electrons. The van der Waals surface area contributed by atoms with Crippen molar-refractivity contribution in [3.8, 4) is 28.5 Å². The fraction of sp³-hybridized carbons (Fsp3) is 0.0435. The number of carbonyl (C=O) groups is 1. The van der Waals surface area contributed by atoms with E-state index in [1.807, 2.05) is 23.6 Å². The van der Waals surface area contributed by atoms with Gasteiger partial charge in [0, 0.05) is 17.1 Å². The molecule has 4 aromatic rings. The number of ether oxygens (including phenoxy) is 1. The number of phenolic OH excluding ortho intramolecular Hbond substituents is 2. The van der Waals surface area contributed by atoms with Gasteiger partial charge in [-0.05, 0) is 54.1 Å². The minimum atomic E-state index is -0.236. The van der Waals surface area contributed by atoms with E-state index in [2.05, 4.69) is 20.4 Å². The van der Waals surface area contributed by atoms with Gasteiger partial charge in [0.1, 0.15) is 5.75 Å². The van der Waals surface area contributed by atoms with Crippen molar-refractivity contribution in [3.05, 3.63) is 76.7 Å². The number of pyridine rings is 1. The zero-order chi connectivity index (χ0) is 22.8. The first kappa shape index (κ1) is 20.5. The molecular weight excluding hydrogens is 442 g/mol. The summed E-state index contributed by atoms with van der Waals surface area (Å²) < 4.78 is 7.11. The molecule has 1 amide bonds. The van der Waals surface area contributed by atoms with Crippen LogP contribution in [0, 0.1) is 0 Å². The van der Waals surface area contributed by atoms with E-state index in [9.17, 15) is 15.0 Å². The highest BCUT2D eigenvalue weighted by Crippen LogP contribution is 2.33. The average Bonchev–Trinajstić information content (AvgIpc) is 3.22. The second-order valence-corrected chi connectivity index (χ2v) is 7.92. The van der Waals surface area contributed by atoms with Gasteiger partial charge in [-0.2, -0.15) is 5.10 Å². The largest absolute Gasteiger partial charge is 0.504 e. The van der Waals surface area contributed by atoms with Crippen molar-refractivity contribution in [2.45, 2.75) is 0 Å². The first-order valence-corrected chi connectivity index (χ1v) is 10.7. The van der Waals surface area contributed by atoms with E-state index in [1.54, 1.807) is 41.5 Å². The Morgan fingerprint density at radius 2 is 2.06 bits per heavy atom. The first-order chi connectivity index (χ1) is 16.1. The van der Waals surface area contributed by atoms with E-state index < -0.39 is 0 Å². The van der Waals surface area contributed by atoms with E-state index in [0.717, 1.165) is 11.3 Å². The Morgan fingerprint density at radius 1 is 1.15 bits per heavy atom. The maximum absolute atomic E-state index is 11.7. The molecule has 1 aliphatic rings. The molecule has 0 bridgehead atoms. The van der Waals surface area contributed by atoms with Crippen molar-refractivity contribution in [3.63, 3.8) is 0 Å². The highest BCUT2D eigenvalue weighted by molar-refractivity contribution is 7.07. The zero-order valence-corrected chi connectivity index (χ0v) is 17.9. The Morgan fingerprint density at radius 3 is 2.88 bits per heavy atom. The third-order valence-corrected chi connectivity index (χ3v) is 5.60. The minimum Gasteiger partial charge on any atom is -0.504 e.